The Morgan fingerprint density at radius 1 is 1.27 bits per heavy atom. The van der Waals surface area contributed by atoms with Crippen molar-refractivity contribution in [1.29, 1.82) is 0 Å². The molecule has 0 heteroatoms. The molecule has 0 aliphatic heterocycles. The highest BCUT2D eigenvalue weighted by atomic mass is 14.7. The van der Waals surface area contributed by atoms with E-state index in [9.17, 15) is 0 Å². The summed E-state index contributed by atoms with van der Waals surface area (Å²) in [7, 11) is 0. The molecule has 0 amide bonds. The van der Waals surface area contributed by atoms with Crippen molar-refractivity contribution in [2.45, 2.75) is 94.4 Å². The lowest BCUT2D eigenvalue weighted by Crippen LogP contribution is -2.35. The Balaban J connectivity index is 2.38. The number of fused-ring (bicyclic) bond motifs is 1. The lowest BCUT2D eigenvalue weighted by atomic mass is 9.62. The minimum atomic E-state index is 0.365. The van der Waals surface area contributed by atoms with Gasteiger partial charge in [0, 0.05) is 0 Å². The number of unbranched alkanes of at least 4 members (excludes halogenated alkanes) is 1. The van der Waals surface area contributed by atoms with E-state index in [2.05, 4.69) is 80.5 Å². The number of hydrogen-bond donors (Lipinski definition) is 0. The van der Waals surface area contributed by atoms with Gasteiger partial charge in [0.2, 0.25) is 0 Å². The van der Waals surface area contributed by atoms with Gasteiger partial charge >= 0.3 is 0 Å². The van der Waals surface area contributed by atoms with E-state index in [-0.39, 0.29) is 0 Å². The summed E-state index contributed by atoms with van der Waals surface area (Å²) in [5.74, 6) is 5.41. The van der Waals surface area contributed by atoms with E-state index < -0.39 is 0 Å². The van der Waals surface area contributed by atoms with Gasteiger partial charge in [0.1, 0.15) is 0 Å². The summed E-state index contributed by atoms with van der Waals surface area (Å²) in [5, 5.41) is 0. The highest BCUT2D eigenvalue weighted by molar-refractivity contribution is 5.30. The first-order valence-electron chi connectivity index (χ1n) is 11.2. The van der Waals surface area contributed by atoms with E-state index in [4.69, 9.17) is 0 Å². The van der Waals surface area contributed by atoms with Crippen molar-refractivity contribution >= 4 is 0 Å². The lowest BCUT2D eigenvalue weighted by Gasteiger charge is -2.45. The van der Waals surface area contributed by atoms with Crippen LogP contribution in [0.2, 0.25) is 0 Å². The van der Waals surface area contributed by atoms with Crippen molar-refractivity contribution < 1.29 is 0 Å². The average Bonchev–Trinajstić information content (AvgIpc) is 3.28. The van der Waals surface area contributed by atoms with Gasteiger partial charge in [-0.25, -0.2) is 0 Å². The highest BCUT2D eigenvalue weighted by Crippen LogP contribution is 2.69. The smallest absolute Gasteiger partial charge is 0.00200 e. The minimum Gasteiger partial charge on any atom is -0.313 e. The van der Waals surface area contributed by atoms with Crippen LogP contribution in [0.25, 0.3) is 0 Å². The zero-order chi connectivity index (χ0) is 19.7. The summed E-state index contributed by atoms with van der Waals surface area (Å²) in [6, 6.07) is 0. The van der Waals surface area contributed by atoms with E-state index >= 15 is 0 Å². The van der Waals surface area contributed by atoms with Gasteiger partial charge in [0.05, 0.1) is 0 Å². The Bertz CT molecular complexity index is 515. The second-order valence-corrected chi connectivity index (χ2v) is 10.8. The van der Waals surface area contributed by atoms with Gasteiger partial charge in [-0.15, -0.1) is 12.0 Å². The molecule has 0 aromatic carbocycles. The summed E-state index contributed by atoms with van der Waals surface area (Å²) in [6.45, 7) is 21.6. The van der Waals surface area contributed by atoms with Crippen molar-refractivity contribution in [3.05, 3.63) is 29.7 Å². The van der Waals surface area contributed by atoms with E-state index in [1.165, 1.54) is 32.1 Å². The summed E-state index contributed by atoms with van der Waals surface area (Å²) < 4.78 is 0. The number of allylic oxidation sites excluding steroid dienone is 4. The molecule has 0 bridgehead atoms. The highest BCUT2D eigenvalue weighted by Gasteiger charge is 2.61. The fraction of sp³-hybridized carbons (Fsp3) is 0.808. The molecular weight excluding hydrogens is 312 g/mol. The van der Waals surface area contributed by atoms with Crippen LogP contribution in [0.1, 0.15) is 94.4 Å². The Morgan fingerprint density at radius 3 is 2.42 bits per heavy atom. The standard InChI is InChI=1S/C26H45/c1-10-12-13-19(5)16-23(22(11-2)25(7,8)9)26-15-14-21(18(3)4)20(6)24(26)17-26/h14-16,20-24H,10-13,17H2,1-9H3/q-1/b19-16-. The molecule has 1 saturated carbocycles. The number of rotatable bonds is 8. The molecule has 0 nitrogen and oxygen atoms in total. The molecule has 0 spiro atoms. The van der Waals surface area contributed by atoms with Crippen molar-refractivity contribution in [2.24, 2.45) is 40.4 Å². The van der Waals surface area contributed by atoms with E-state index in [0.717, 1.165) is 17.8 Å². The first-order chi connectivity index (χ1) is 12.1. The van der Waals surface area contributed by atoms with Crippen molar-refractivity contribution in [3.8, 4) is 0 Å². The van der Waals surface area contributed by atoms with Gasteiger partial charge in [-0.05, 0) is 54.8 Å². The molecule has 2 aliphatic carbocycles. The van der Waals surface area contributed by atoms with E-state index in [1.807, 2.05) is 0 Å². The lowest BCUT2D eigenvalue weighted by molar-refractivity contribution is 0.125. The summed E-state index contributed by atoms with van der Waals surface area (Å²) >= 11 is 0. The maximum absolute atomic E-state index is 2.72. The van der Waals surface area contributed by atoms with Crippen LogP contribution < -0.4 is 0 Å². The van der Waals surface area contributed by atoms with Crippen molar-refractivity contribution in [3.63, 3.8) is 0 Å². The van der Waals surface area contributed by atoms with Crippen LogP contribution in [0, 0.1) is 46.3 Å². The third-order valence-corrected chi connectivity index (χ3v) is 7.58. The largest absolute Gasteiger partial charge is 0.313 e. The monoisotopic (exact) mass is 357 g/mol. The third kappa shape index (κ3) is 4.31. The predicted molar refractivity (Wildman–Crippen MR) is 117 cm³/mol. The van der Waals surface area contributed by atoms with E-state index in [1.54, 1.807) is 11.5 Å². The van der Waals surface area contributed by atoms with Gasteiger partial charge in [0.15, 0.2) is 0 Å². The summed E-state index contributed by atoms with van der Waals surface area (Å²) in [5.41, 5.74) is 2.43. The van der Waals surface area contributed by atoms with Crippen molar-refractivity contribution in [1.82, 2.24) is 0 Å². The molecule has 0 aromatic rings. The second kappa shape index (κ2) is 8.24. The molecule has 1 fully saturated rings. The predicted octanol–water partition coefficient (Wildman–Crippen LogP) is 8.25. The normalized spacial score (nSPS) is 33.9. The molecule has 150 valence electrons. The molecule has 0 radical (unpaired) electrons. The molecule has 0 heterocycles. The summed E-state index contributed by atoms with van der Waals surface area (Å²) in [4.78, 5) is 0. The first kappa shape index (κ1) is 21.8. The first-order valence-corrected chi connectivity index (χ1v) is 11.2. The second-order valence-electron chi connectivity index (χ2n) is 10.8. The number of hydrogen-bond acceptors (Lipinski definition) is 0. The molecule has 0 aromatic heterocycles. The van der Waals surface area contributed by atoms with Crippen LogP contribution >= 0.6 is 0 Å². The van der Waals surface area contributed by atoms with Gasteiger partial charge < -0.3 is 5.92 Å². The molecule has 0 N–H and O–H groups in total. The van der Waals surface area contributed by atoms with Crippen LogP contribution in [0.5, 0.6) is 0 Å². The van der Waals surface area contributed by atoms with Gasteiger partial charge in [-0.1, -0.05) is 78.0 Å². The molecule has 6 atom stereocenters. The maximum Gasteiger partial charge on any atom is -0.00200 e. The summed E-state index contributed by atoms with van der Waals surface area (Å²) in [6.07, 6.45) is 14.5. The van der Waals surface area contributed by atoms with Crippen LogP contribution in [0.4, 0.5) is 0 Å². The van der Waals surface area contributed by atoms with Crippen molar-refractivity contribution in [2.75, 3.05) is 0 Å². The Morgan fingerprint density at radius 2 is 1.92 bits per heavy atom. The van der Waals surface area contributed by atoms with Gasteiger partial charge in [-0.2, -0.15) is 13.8 Å². The fourth-order valence-corrected chi connectivity index (χ4v) is 6.01. The van der Waals surface area contributed by atoms with Crippen LogP contribution in [-0.4, -0.2) is 0 Å². The molecular formula is C26H45-. The Kier molecular flexibility index (Phi) is 6.90. The quantitative estimate of drug-likeness (QED) is 0.303. The SMILES string of the molecule is CCCC/C(C)=C\C(C(CC)C(C)(C)C)C12C=CC([C-](C)C)C(C)C1C2. The maximum atomic E-state index is 2.72. The zero-order valence-electron chi connectivity index (χ0n) is 19.2. The van der Waals surface area contributed by atoms with Crippen LogP contribution in [0.15, 0.2) is 23.8 Å². The minimum absolute atomic E-state index is 0.365. The molecule has 2 rings (SSSR count). The van der Waals surface area contributed by atoms with Gasteiger partial charge in [0.25, 0.3) is 0 Å². The zero-order valence-corrected chi connectivity index (χ0v) is 19.2. The third-order valence-electron chi connectivity index (χ3n) is 7.58. The molecule has 0 saturated heterocycles. The fourth-order valence-electron chi connectivity index (χ4n) is 6.01. The molecule has 2 aliphatic rings. The molecule has 6 unspecified atom stereocenters. The average molecular weight is 358 g/mol. The van der Waals surface area contributed by atoms with Gasteiger partial charge in [-0.3, -0.25) is 0 Å². The topological polar surface area (TPSA) is 0 Å². The molecule has 26 heavy (non-hydrogen) atoms. The van der Waals surface area contributed by atoms with E-state index in [0.29, 0.717) is 22.7 Å². The van der Waals surface area contributed by atoms with Crippen LogP contribution in [0.3, 0.4) is 0 Å². The Labute approximate surface area is 164 Å². The Hall–Kier alpha value is -0.520. The van der Waals surface area contributed by atoms with Crippen LogP contribution in [-0.2, 0) is 0 Å².